The van der Waals surface area contributed by atoms with Crippen molar-refractivity contribution in [2.75, 3.05) is 5.32 Å². The van der Waals surface area contributed by atoms with Gasteiger partial charge in [-0.05, 0) is 13.3 Å². The maximum Gasteiger partial charge on any atom is 0.233 e. The molecular weight excluding hydrogens is 290 g/mol. The molecule has 7 heteroatoms. The van der Waals surface area contributed by atoms with Crippen LogP contribution < -0.4 is 5.32 Å². The Kier molecular flexibility index (Phi) is 3.18. The summed E-state index contributed by atoms with van der Waals surface area (Å²) in [6.07, 6.45) is 12.2. The van der Waals surface area contributed by atoms with Crippen molar-refractivity contribution >= 4 is 22.8 Å². The van der Waals surface area contributed by atoms with Gasteiger partial charge in [-0.15, -0.1) is 0 Å². The summed E-state index contributed by atoms with van der Waals surface area (Å²) < 4.78 is 1.90. The average Bonchev–Trinajstić information content (AvgIpc) is 3.19. The van der Waals surface area contributed by atoms with Gasteiger partial charge >= 0.3 is 0 Å². The van der Waals surface area contributed by atoms with Gasteiger partial charge in [0.1, 0.15) is 5.65 Å². The second-order valence-electron chi connectivity index (χ2n) is 5.59. The first-order valence-corrected chi connectivity index (χ1v) is 7.64. The Morgan fingerprint density at radius 2 is 2.17 bits per heavy atom. The maximum atomic E-state index is 4.54. The van der Waals surface area contributed by atoms with Crippen LogP contribution in [0.25, 0.3) is 27.9 Å². The van der Waals surface area contributed by atoms with E-state index >= 15 is 0 Å². The van der Waals surface area contributed by atoms with Crippen molar-refractivity contribution in [3.05, 3.63) is 37.2 Å². The van der Waals surface area contributed by atoms with E-state index in [2.05, 4.69) is 44.1 Å². The molecule has 0 unspecified atom stereocenters. The normalized spacial score (nSPS) is 12.8. The molecule has 0 aliphatic rings. The van der Waals surface area contributed by atoms with Crippen LogP contribution in [-0.4, -0.2) is 35.4 Å². The van der Waals surface area contributed by atoms with Crippen LogP contribution in [0.2, 0.25) is 0 Å². The largest absolute Gasteiger partial charge is 0.352 e. The summed E-state index contributed by atoms with van der Waals surface area (Å²) in [6.45, 7) is 4.24. The van der Waals surface area contributed by atoms with Crippen molar-refractivity contribution in [2.45, 2.75) is 26.3 Å². The number of hydrogen-bond donors (Lipinski definition) is 2. The number of H-pyrrole nitrogens is 1. The van der Waals surface area contributed by atoms with Crippen LogP contribution in [-0.2, 0) is 0 Å². The maximum absolute atomic E-state index is 4.54. The number of rotatable bonds is 4. The van der Waals surface area contributed by atoms with Gasteiger partial charge in [-0.25, -0.2) is 15.0 Å². The molecule has 0 radical (unpaired) electrons. The first-order chi connectivity index (χ1) is 11.2. The molecule has 4 aromatic rings. The fourth-order valence-electron chi connectivity index (χ4n) is 2.49. The molecule has 0 fully saturated rings. The quantitative estimate of drug-likeness (QED) is 0.605. The number of nitrogens with zero attached hydrogens (tertiary/aromatic N) is 5. The van der Waals surface area contributed by atoms with E-state index in [0.717, 1.165) is 28.6 Å². The van der Waals surface area contributed by atoms with E-state index in [9.17, 15) is 0 Å². The van der Waals surface area contributed by atoms with E-state index in [1.54, 1.807) is 6.20 Å². The minimum absolute atomic E-state index is 0.342. The van der Waals surface area contributed by atoms with E-state index in [1.165, 1.54) is 0 Å². The molecule has 0 amide bonds. The highest BCUT2D eigenvalue weighted by atomic mass is 15.1. The van der Waals surface area contributed by atoms with Gasteiger partial charge in [-0.1, -0.05) is 6.92 Å². The zero-order valence-corrected chi connectivity index (χ0v) is 13.0. The van der Waals surface area contributed by atoms with Gasteiger partial charge in [-0.3, -0.25) is 4.40 Å². The summed E-state index contributed by atoms with van der Waals surface area (Å²) in [4.78, 5) is 20.7. The lowest BCUT2D eigenvalue weighted by Gasteiger charge is -2.10. The molecule has 0 saturated carbocycles. The van der Waals surface area contributed by atoms with Crippen LogP contribution in [0.1, 0.15) is 20.3 Å². The van der Waals surface area contributed by atoms with Gasteiger partial charge in [0, 0.05) is 59.7 Å². The fourth-order valence-corrected chi connectivity index (χ4v) is 2.49. The van der Waals surface area contributed by atoms with Crippen molar-refractivity contribution in [2.24, 2.45) is 0 Å². The summed E-state index contributed by atoms with van der Waals surface area (Å²) in [7, 11) is 0. The predicted octanol–water partition coefficient (Wildman–Crippen LogP) is 2.88. The number of anilines is 1. The molecule has 2 N–H and O–H groups in total. The minimum Gasteiger partial charge on any atom is -0.352 e. The van der Waals surface area contributed by atoms with Crippen LogP contribution in [0.4, 0.5) is 5.95 Å². The van der Waals surface area contributed by atoms with E-state index in [0.29, 0.717) is 17.8 Å². The summed E-state index contributed by atoms with van der Waals surface area (Å²) in [5.74, 6) is 1.33. The van der Waals surface area contributed by atoms with Crippen molar-refractivity contribution in [3.8, 4) is 11.1 Å². The molecule has 7 nitrogen and oxygen atoms in total. The zero-order valence-electron chi connectivity index (χ0n) is 13.0. The zero-order chi connectivity index (χ0) is 15.8. The Morgan fingerprint density at radius 3 is 3.04 bits per heavy atom. The van der Waals surface area contributed by atoms with E-state index in [-0.39, 0.29) is 0 Å². The third-order valence-electron chi connectivity index (χ3n) is 3.98. The van der Waals surface area contributed by atoms with Gasteiger partial charge < -0.3 is 10.3 Å². The van der Waals surface area contributed by atoms with Crippen LogP contribution >= 0.6 is 0 Å². The summed E-state index contributed by atoms with van der Waals surface area (Å²) >= 11 is 0. The predicted molar refractivity (Wildman–Crippen MR) is 89.2 cm³/mol. The Morgan fingerprint density at radius 1 is 1.26 bits per heavy atom. The van der Waals surface area contributed by atoms with Crippen molar-refractivity contribution in [1.82, 2.24) is 29.3 Å². The Hall–Kier alpha value is -2.96. The number of aromatic amines is 1. The Bertz CT molecular complexity index is 969. The second kappa shape index (κ2) is 5.35. The van der Waals surface area contributed by atoms with Crippen molar-refractivity contribution < 1.29 is 0 Å². The highest BCUT2D eigenvalue weighted by molar-refractivity contribution is 5.93. The number of nitrogens with one attached hydrogen (secondary N) is 2. The molecule has 116 valence electrons. The lowest BCUT2D eigenvalue weighted by atomic mass is 10.1. The second-order valence-corrected chi connectivity index (χ2v) is 5.59. The topological polar surface area (TPSA) is 83.8 Å². The first-order valence-electron chi connectivity index (χ1n) is 7.64. The third kappa shape index (κ3) is 2.40. The lowest BCUT2D eigenvalue weighted by molar-refractivity contribution is 0.754. The van der Waals surface area contributed by atoms with Crippen LogP contribution in [0.3, 0.4) is 0 Å². The lowest BCUT2D eigenvalue weighted by Crippen LogP contribution is -2.15. The average molecular weight is 307 g/mol. The smallest absolute Gasteiger partial charge is 0.233 e. The van der Waals surface area contributed by atoms with Crippen LogP contribution in [0, 0.1) is 0 Å². The highest BCUT2D eigenvalue weighted by Crippen LogP contribution is 2.27. The van der Waals surface area contributed by atoms with Gasteiger partial charge in [0.05, 0.1) is 0 Å². The molecule has 4 heterocycles. The third-order valence-corrected chi connectivity index (χ3v) is 3.98. The number of imidazole rings is 1. The Balaban J connectivity index is 1.75. The molecule has 0 spiro atoms. The summed E-state index contributed by atoms with van der Waals surface area (Å²) in [5, 5.41) is 4.26. The summed E-state index contributed by atoms with van der Waals surface area (Å²) in [6, 6.07) is 0.342. The minimum atomic E-state index is 0.342. The SMILES string of the molecule is CC[C@H](C)Nc1ncc2c(-c3cnc4nccn4c3)c[nH]c2n1. The van der Waals surface area contributed by atoms with E-state index in [1.807, 2.05) is 35.4 Å². The van der Waals surface area contributed by atoms with Gasteiger partial charge in [0.2, 0.25) is 11.7 Å². The van der Waals surface area contributed by atoms with Crippen molar-refractivity contribution in [1.29, 1.82) is 0 Å². The fraction of sp³-hybridized carbons (Fsp3) is 0.250. The molecule has 0 bridgehead atoms. The van der Waals surface area contributed by atoms with E-state index in [4.69, 9.17) is 0 Å². The molecule has 0 aromatic carbocycles. The monoisotopic (exact) mass is 307 g/mol. The molecule has 4 aromatic heterocycles. The number of hydrogen-bond acceptors (Lipinski definition) is 5. The van der Waals surface area contributed by atoms with Gasteiger partial charge in [0.25, 0.3) is 0 Å². The molecule has 4 rings (SSSR count). The molecule has 23 heavy (non-hydrogen) atoms. The molecule has 0 aliphatic heterocycles. The molecule has 0 saturated heterocycles. The van der Waals surface area contributed by atoms with Gasteiger partial charge in [0.15, 0.2) is 0 Å². The Labute approximate surface area is 132 Å². The standard InChI is InChI=1S/C16H17N7/c1-3-10(2)21-15-19-8-13-12(7-18-14(13)22-15)11-6-20-16-17-4-5-23(16)9-11/h4-10H,3H2,1-2H3,(H2,18,19,21,22)/t10-/m0/s1. The molecule has 0 aliphatic carbocycles. The first kappa shape index (κ1) is 13.7. The van der Waals surface area contributed by atoms with E-state index < -0.39 is 0 Å². The summed E-state index contributed by atoms with van der Waals surface area (Å²) in [5.41, 5.74) is 2.83. The van der Waals surface area contributed by atoms with Crippen molar-refractivity contribution in [3.63, 3.8) is 0 Å². The number of fused-ring (bicyclic) bond motifs is 2. The number of aromatic nitrogens is 6. The molecular formula is C16H17N7. The van der Waals surface area contributed by atoms with Gasteiger partial charge in [-0.2, -0.15) is 4.98 Å². The van der Waals surface area contributed by atoms with Crippen LogP contribution in [0.5, 0.6) is 0 Å². The highest BCUT2D eigenvalue weighted by Gasteiger charge is 2.11. The molecule has 1 atom stereocenters. The van der Waals surface area contributed by atoms with Crippen LogP contribution in [0.15, 0.2) is 37.2 Å².